The minimum absolute atomic E-state index is 0.0605. The number of nitrogens with one attached hydrogen (secondary N) is 1. The van der Waals surface area contributed by atoms with Gasteiger partial charge in [0, 0.05) is 23.1 Å². The zero-order valence-electron chi connectivity index (χ0n) is 9.55. The van der Waals surface area contributed by atoms with Crippen molar-refractivity contribution in [2.75, 3.05) is 0 Å². The van der Waals surface area contributed by atoms with Gasteiger partial charge in [-0.2, -0.15) is 11.3 Å². The molecule has 18 heavy (non-hydrogen) atoms. The standard InChI is InChI=1S/C13H12N2OS2/c14-12(17)10-3-1-9(2-4-10)7-15-13(16)11-5-6-18-8-11/h1-6,8H,7H2,(H2,14,17)(H,15,16). The first-order valence-corrected chi connectivity index (χ1v) is 6.71. The van der Waals surface area contributed by atoms with E-state index in [9.17, 15) is 4.79 Å². The Balaban J connectivity index is 1.94. The number of carbonyl (C=O) groups is 1. The van der Waals surface area contributed by atoms with Crippen LogP contribution in [0.25, 0.3) is 0 Å². The number of rotatable bonds is 4. The summed E-state index contributed by atoms with van der Waals surface area (Å²) in [5.74, 6) is -0.0605. The number of amides is 1. The van der Waals surface area contributed by atoms with Crippen LogP contribution >= 0.6 is 23.6 Å². The Morgan fingerprint density at radius 2 is 1.94 bits per heavy atom. The van der Waals surface area contributed by atoms with Crippen LogP contribution in [-0.2, 0) is 6.54 Å². The SMILES string of the molecule is NC(=S)c1ccc(CNC(=O)c2ccsc2)cc1. The predicted molar refractivity (Wildman–Crippen MR) is 77.8 cm³/mol. The molecule has 92 valence electrons. The summed E-state index contributed by atoms with van der Waals surface area (Å²) in [6.45, 7) is 0.492. The smallest absolute Gasteiger partial charge is 0.252 e. The molecule has 0 aliphatic carbocycles. The average Bonchev–Trinajstić information content (AvgIpc) is 2.90. The van der Waals surface area contributed by atoms with Crippen LogP contribution in [0, 0.1) is 0 Å². The molecular weight excluding hydrogens is 264 g/mol. The molecule has 0 saturated heterocycles. The van der Waals surface area contributed by atoms with Crippen molar-refractivity contribution >= 4 is 34.5 Å². The Kier molecular flexibility index (Phi) is 4.07. The quantitative estimate of drug-likeness (QED) is 0.843. The van der Waals surface area contributed by atoms with Crippen LogP contribution in [0.5, 0.6) is 0 Å². The summed E-state index contributed by atoms with van der Waals surface area (Å²) < 4.78 is 0. The summed E-state index contributed by atoms with van der Waals surface area (Å²) in [6, 6.07) is 9.32. The van der Waals surface area contributed by atoms with E-state index in [1.807, 2.05) is 35.0 Å². The molecule has 1 aromatic heterocycles. The zero-order chi connectivity index (χ0) is 13.0. The van der Waals surface area contributed by atoms with Crippen molar-refractivity contribution in [2.45, 2.75) is 6.54 Å². The largest absolute Gasteiger partial charge is 0.389 e. The monoisotopic (exact) mass is 276 g/mol. The van der Waals surface area contributed by atoms with Crippen LogP contribution in [0.2, 0.25) is 0 Å². The third-order valence-electron chi connectivity index (χ3n) is 2.47. The van der Waals surface area contributed by atoms with E-state index in [4.69, 9.17) is 18.0 Å². The molecule has 1 aromatic carbocycles. The predicted octanol–water partition coefficient (Wildman–Crippen LogP) is 2.31. The lowest BCUT2D eigenvalue weighted by atomic mass is 10.1. The molecular formula is C13H12N2OS2. The molecule has 0 bridgehead atoms. The van der Waals surface area contributed by atoms with E-state index in [0.29, 0.717) is 17.1 Å². The summed E-state index contributed by atoms with van der Waals surface area (Å²) in [4.78, 5) is 12.1. The molecule has 0 saturated carbocycles. The van der Waals surface area contributed by atoms with Gasteiger partial charge in [0.2, 0.25) is 0 Å². The van der Waals surface area contributed by atoms with Crippen molar-refractivity contribution in [1.82, 2.24) is 5.32 Å². The van der Waals surface area contributed by atoms with E-state index in [0.717, 1.165) is 11.1 Å². The second-order valence-corrected chi connectivity index (χ2v) is 4.98. The zero-order valence-corrected chi connectivity index (χ0v) is 11.2. The summed E-state index contributed by atoms with van der Waals surface area (Å²) >= 11 is 6.38. The first-order valence-electron chi connectivity index (χ1n) is 5.36. The second kappa shape index (κ2) is 5.75. The first kappa shape index (κ1) is 12.7. The summed E-state index contributed by atoms with van der Waals surface area (Å²) in [6.07, 6.45) is 0. The molecule has 2 aromatic rings. The van der Waals surface area contributed by atoms with Gasteiger partial charge in [0.25, 0.3) is 5.91 Å². The van der Waals surface area contributed by atoms with Gasteiger partial charge < -0.3 is 11.1 Å². The third-order valence-corrected chi connectivity index (χ3v) is 3.39. The lowest BCUT2D eigenvalue weighted by molar-refractivity contribution is 0.0951. The van der Waals surface area contributed by atoms with Gasteiger partial charge in [-0.25, -0.2) is 0 Å². The van der Waals surface area contributed by atoms with Crippen molar-refractivity contribution < 1.29 is 4.79 Å². The van der Waals surface area contributed by atoms with Gasteiger partial charge in [-0.3, -0.25) is 4.79 Å². The molecule has 1 amide bonds. The Labute approximate surface area is 115 Å². The number of benzene rings is 1. The molecule has 3 N–H and O–H groups in total. The fraction of sp³-hybridized carbons (Fsp3) is 0.0769. The van der Waals surface area contributed by atoms with Gasteiger partial charge in [-0.05, 0) is 17.0 Å². The van der Waals surface area contributed by atoms with Crippen LogP contribution in [0.3, 0.4) is 0 Å². The van der Waals surface area contributed by atoms with Crippen molar-refractivity contribution in [3.8, 4) is 0 Å². The van der Waals surface area contributed by atoms with E-state index >= 15 is 0 Å². The molecule has 0 fully saturated rings. The molecule has 0 radical (unpaired) electrons. The maximum atomic E-state index is 11.7. The number of thiophene rings is 1. The molecule has 5 heteroatoms. The molecule has 3 nitrogen and oxygen atoms in total. The Bertz CT molecular complexity index is 547. The van der Waals surface area contributed by atoms with E-state index in [-0.39, 0.29) is 5.91 Å². The second-order valence-electron chi connectivity index (χ2n) is 3.76. The number of hydrogen-bond acceptors (Lipinski definition) is 3. The van der Waals surface area contributed by atoms with E-state index in [2.05, 4.69) is 5.32 Å². The normalized spacial score (nSPS) is 10.0. The number of nitrogens with two attached hydrogens (primary N) is 1. The Hall–Kier alpha value is -1.72. The van der Waals surface area contributed by atoms with Crippen LogP contribution in [0.1, 0.15) is 21.5 Å². The third kappa shape index (κ3) is 3.15. The minimum atomic E-state index is -0.0605. The Morgan fingerprint density at radius 1 is 1.22 bits per heavy atom. The van der Waals surface area contributed by atoms with Crippen LogP contribution in [-0.4, -0.2) is 10.9 Å². The summed E-state index contributed by atoms with van der Waals surface area (Å²) in [5.41, 5.74) is 8.05. The molecule has 1 heterocycles. The summed E-state index contributed by atoms with van der Waals surface area (Å²) in [7, 11) is 0. The first-order chi connectivity index (χ1) is 8.66. The molecule has 0 aliphatic rings. The van der Waals surface area contributed by atoms with Gasteiger partial charge in [0.15, 0.2) is 0 Å². The van der Waals surface area contributed by atoms with E-state index in [1.54, 1.807) is 6.07 Å². The molecule has 0 atom stereocenters. The van der Waals surface area contributed by atoms with E-state index in [1.165, 1.54) is 11.3 Å². The lowest BCUT2D eigenvalue weighted by Gasteiger charge is -2.05. The highest BCUT2D eigenvalue weighted by Gasteiger charge is 2.05. The maximum Gasteiger partial charge on any atom is 0.252 e. The van der Waals surface area contributed by atoms with Crippen molar-refractivity contribution in [2.24, 2.45) is 5.73 Å². The van der Waals surface area contributed by atoms with Crippen LogP contribution in [0.4, 0.5) is 0 Å². The molecule has 0 aliphatic heterocycles. The van der Waals surface area contributed by atoms with Crippen molar-refractivity contribution in [3.05, 3.63) is 57.8 Å². The highest BCUT2D eigenvalue weighted by Crippen LogP contribution is 2.07. The topological polar surface area (TPSA) is 55.1 Å². The van der Waals surface area contributed by atoms with Gasteiger partial charge in [0.1, 0.15) is 4.99 Å². The van der Waals surface area contributed by atoms with Crippen LogP contribution in [0.15, 0.2) is 41.1 Å². The van der Waals surface area contributed by atoms with Gasteiger partial charge >= 0.3 is 0 Å². The van der Waals surface area contributed by atoms with E-state index < -0.39 is 0 Å². The summed E-state index contributed by atoms with van der Waals surface area (Å²) in [5, 5.41) is 6.56. The van der Waals surface area contributed by atoms with Crippen molar-refractivity contribution in [3.63, 3.8) is 0 Å². The average molecular weight is 276 g/mol. The fourth-order valence-electron chi connectivity index (χ4n) is 1.46. The number of hydrogen-bond donors (Lipinski definition) is 2. The highest BCUT2D eigenvalue weighted by atomic mass is 32.1. The molecule has 0 unspecified atom stereocenters. The number of thiocarbonyl (C=S) groups is 1. The fourth-order valence-corrected chi connectivity index (χ4v) is 2.24. The van der Waals surface area contributed by atoms with Crippen molar-refractivity contribution in [1.29, 1.82) is 0 Å². The molecule has 0 spiro atoms. The van der Waals surface area contributed by atoms with Gasteiger partial charge in [0.05, 0.1) is 0 Å². The highest BCUT2D eigenvalue weighted by molar-refractivity contribution is 7.80. The Morgan fingerprint density at radius 3 is 2.50 bits per heavy atom. The van der Waals surface area contributed by atoms with Crippen LogP contribution < -0.4 is 11.1 Å². The molecule has 2 rings (SSSR count). The number of carbonyl (C=O) groups excluding carboxylic acids is 1. The van der Waals surface area contributed by atoms with Gasteiger partial charge in [-0.1, -0.05) is 36.5 Å². The van der Waals surface area contributed by atoms with Gasteiger partial charge in [-0.15, -0.1) is 0 Å². The lowest BCUT2D eigenvalue weighted by Crippen LogP contribution is -2.22. The minimum Gasteiger partial charge on any atom is -0.389 e. The maximum absolute atomic E-state index is 11.7.